The van der Waals surface area contributed by atoms with Crippen LogP contribution in [0.2, 0.25) is 0 Å². The molecule has 0 bridgehead atoms. The van der Waals surface area contributed by atoms with Gasteiger partial charge in [-0.3, -0.25) is 0 Å². The Morgan fingerprint density at radius 2 is 2.00 bits per heavy atom. The molecule has 1 aromatic rings. The van der Waals surface area contributed by atoms with Gasteiger partial charge in [0.05, 0.1) is 15.0 Å². The molecule has 0 saturated heterocycles. The second kappa shape index (κ2) is 8.19. The van der Waals surface area contributed by atoms with Crippen molar-refractivity contribution in [2.45, 2.75) is 39.9 Å². The zero-order valence-corrected chi connectivity index (χ0v) is 14.6. The van der Waals surface area contributed by atoms with Crippen LogP contribution < -0.4 is 5.32 Å². The normalized spacial score (nSPS) is 11.0. The molecular weight excluding hydrogens is 357 g/mol. The van der Waals surface area contributed by atoms with E-state index in [9.17, 15) is 0 Å². The minimum Gasteiger partial charge on any atom is -0.369 e. The van der Waals surface area contributed by atoms with Crippen LogP contribution in [0.3, 0.4) is 0 Å². The molecule has 1 N–H and O–H groups in total. The summed E-state index contributed by atoms with van der Waals surface area (Å²) in [5, 5.41) is 3.34. The van der Waals surface area contributed by atoms with Gasteiger partial charge in [-0.1, -0.05) is 20.8 Å². The highest BCUT2D eigenvalue weighted by Crippen LogP contribution is 2.23. The van der Waals surface area contributed by atoms with Crippen LogP contribution in [0.15, 0.2) is 0 Å². The molecule has 1 aromatic heterocycles. The molecule has 0 spiro atoms. The Morgan fingerprint density at radius 3 is 2.56 bits per heavy atom. The summed E-state index contributed by atoms with van der Waals surface area (Å²) in [4.78, 5) is 9.33. The molecule has 3 nitrogen and oxygen atoms in total. The summed E-state index contributed by atoms with van der Waals surface area (Å²) in [6.07, 6.45) is 1.02. The molecule has 1 rings (SSSR count). The van der Waals surface area contributed by atoms with Gasteiger partial charge in [-0.05, 0) is 47.6 Å². The molecule has 0 aliphatic heterocycles. The summed E-state index contributed by atoms with van der Waals surface area (Å²) >= 11 is 4.22. The van der Waals surface area contributed by atoms with E-state index in [-0.39, 0.29) is 0 Å². The maximum atomic E-state index is 4.71. The molecule has 5 heteroatoms. The van der Waals surface area contributed by atoms with Crippen molar-refractivity contribution >= 4 is 40.2 Å². The third-order valence-corrected chi connectivity index (χ3v) is 4.35. The zero-order valence-electron chi connectivity index (χ0n) is 11.6. The average Bonchev–Trinajstić information content (AvgIpc) is 2.31. The minimum atomic E-state index is 0.620. The number of nitrogens with zero attached hydrogens (tertiary/aromatic N) is 2. The SMILES string of the molecule is CCNc1nc(CSCC)nc(CC(C)C)c1I. The van der Waals surface area contributed by atoms with Crippen molar-refractivity contribution in [3.8, 4) is 0 Å². The molecule has 18 heavy (non-hydrogen) atoms. The van der Waals surface area contributed by atoms with E-state index >= 15 is 0 Å². The first kappa shape index (κ1) is 16.0. The molecule has 0 fully saturated rings. The summed E-state index contributed by atoms with van der Waals surface area (Å²) in [6, 6.07) is 0. The van der Waals surface area contributed by atoms with Crippen LogP contribution in [0.5, 0.6) is 0 Å². The lowest BCUT2D eigenvalue weighted by Gasteiger charge is -2.13. The van der Waals surface area contributed by atoms with Gasteiger partial charge in [-0.25, -0.2) is 9.97 Å². The van der Waals surface area contributed by atoms with Gasteiger partial charge in [0.1, 0.15) is 11.6 Å². The Morgan fingerprint density at radius 1 is 1.28 bits per heavy atom. The van der Waals surface area contributed by atoms with Gasteiger partial charge < -0.3 is 5.32 Å². The Hall–Kier alpha value is -0.0400. The molecule has 0 atom stereocenters. The first-order valence-corrected chi connectivity index (χ1v) is 8.68. The van der Waals surface area contributed by atoms with Crippen LogP contribution in [0.4, 0.5) is 5.82 Å². The van der Waals surface area contributed by atoms with Crippen molar-refractivity contribution in [3.05, 3.63) is 15.1 Å². The lowest BCUT2D eigenvalue weighted by molar-refractivity contribution is 0.629. The number of aromatic nitrogens is 2. The summed E-state index contributed by atoms with van der Waals surface area (Å²) in [6.45, 7) is 9.62. The number of nitrogens with one attached hydrogen (secondary N) is 1. The van der Waals surface area contributed by atoms with Crippen molar-refractivity contribution in [3.63, 3.8) is 0 Å². The Kier molecular flexibility index (Phi) is 7.29. The number of hydrogen-bond donors (Lipinski definition) is 1. The molecule has 0 unspecified atom stereocenters. The monoisotopic (exact) mass is 379 g/mol. The fourth-order valence-electron chi connectivity index (χ4n) is 1.61. The van der Waals surface area contributed by atoms with Crippen LogP contribution >= 0.6 is 34.4 Å². The molecule has 0 amide bonds. The van der Waals surface area contributed by atoms with Gasteiger partial charge in [0, 0.05) is 6.54 Å². The number of hydrogen-bond acceptors (Lipinski definition) is 4. The van der Waals surface area contributed by atoms with Crippen molar-refractivity contribution in [2.24, 2.45) is 5.92 Å². The highest BCUT2D eigenvalue weighted by atomic mass is 127. The van der Waals surface area contributed by atoms with E-state index in [1.807, 2.05) is 11.8 Å². The largest absolute Gasteiger partial charge is 0.369 e. The van der Waals surface area contributed by atoms with E-state index in [4.69, 9.17) is 4.98 Å². The smallest absolute Gasteiger partial charge is 0.143 e. The molecule has 102 valence electrons. The maximum Gasteiger partial charge on any atom is 0.143 e. The Balaban J connectivity index is 3.02. The average molecular weight is 379 g/mol. The first-order valence-electron chi connectivity index (χ1n) is 6.45. The van der Waals surface area contributed by atoms with E-state index < -0.39 is 0 Å². The summed E-state index contributed by atoms with van der Waals surface area (Å²) in [5.41, 5.74) is 1.18. The van der Waals surface area contributed by atoms with Gasteiger partial charge >= 0.3 is 0 Å². The van der Waals surface area contributed by atoms with Crippen molar-refractivity contribution in [1.82, 2.24) is 9.97 Å². The molecule has 0 saturated carbocycles. The quantitative estimate of drug-likeness (QED) is 0.728. The predicted octanol–water partition coefficient (Wildman–Crippen LogP) is 3.96. The lowest BCUT2D eigenvalue weighted by atomic mass is 10.1. The van der Waals surface area contributed by atoms with Crippen LogP contribution in [-0.4, -0.2) is 22.3 Å². The van der Waals surface area contributed by atoms with Gasteiger partial charge in [0.25, 0.3) is 0 Å². The Bertz CT molecular complexity index is 383. The highest BCUT2D eigenvalue weighted by molar-refractivity contribution is 14.1. The topological polar surface area (TPSA) is 37.8 Å². The van der Waals surface area contributed by atoms with E-state index in [0.29, 0.717) is 5.92 Å². The van der Waals surface area contributed by atoms with Crippen molar-refractivity contribution < 1.29 is 0 Å². The van der Waals surface area contributed by atoms with Gasteiger partial charge in [-0.15, -0.1) is 0 Å². The van der Waals surface area contributed by atoms with E-state index in [1.165, 1.54) is 9.26 Å². The molecule has 1 heterocycles. The van der Waals surface area contributed by atoms with E-state index in [0.717, 1.165) is 36.1 Å². The number of halogens is 1. The number of rotatable bonds is 7. The molecule has 0 radical (unpaired) electrons. The Labute approximate surface area is 128 Å². The fourth-order valence-corrected chi connectivity index (χ4v) is 2.78. The highest BCUT2D eigenvalue weighted by Gasteiger charge is 2.12. The molecular formula is C13H22IN3S. The summed E-state index contributed by atoms with van der Waals surface area (Å²) in [5.74, 6) is 4.57. The summed E-state index contributed by atoms with van der Waals surface area (Å²) in [7, 11) is 0. The second-order valence-corrected chi connectivity index (χ2v) is 6.87. The first-order chi connectivity index (χ1) is 8.58. The van der Waals surface area contributed by atoms with Crippen LogP contribution in [0.25, 0.3) is 0 Å². The van der Waals surface area contributed by atoms with Crippen molar-refractivity contribution in [1.29, 1.82) is 0 Å². The fraction of sp³-hybridized carbons (Fsp3) is 0.692. The van der Waals surface area contributed by atoms with Crippen LogP contribution in [0, 0.1) is 9.49 Å². The molecule has 0 aliphatic rings. The van der Waals surface area contributed by atoms with Crippen LogP contribution in [-0.2, 0) is 12.2 Å². The second-order valence-electron chi connectivity index (χ2n) is 4.51. The standard InChI is InChI=1S/C13H22IN3S/c1-5-15-13-12(14)10(7-9(3)4)16-11(17-13)8-18-6-2/h9H,5-8H2,1-4H3,(H,15,16,17). The zero-order chi connectivity index (χ0) is 13.5. The van der Waals surface area contributed by atoms with Gasteiger partial charge in [-0.2, -0.15) is 11.8 Å². The maximum absolute atomic E-state index is 4.71. The van der Waals surface area contributed by atoms with Gasteiger partial charge in [0.2, 0.25) is 0 Å². The molecule has 0 aliphatic carbocycles. The van der Waals surface area contributed by atoms with Crippen LogP contribution in [0.1, 0.15) is 39.2 Å². The van der Waals surface area contributed by atoms with Gasteiger partial charge in [0.15, 0.2) is 0 Å². The predicted molar refractivity (Wildman–Crippen MR) is 89.3 cm³/mol. The summed E-state index contributed by atoms with van der Waals surface area (Å²) < 4.78 is 1.17. The van der Waals surface area contributed by atoms with E-state index in [2.05, 4.69) is 60.6 Å². The minimum absolute atomic E-state index is 0.620. The molecule has 0 aromatic carbocycles. The number of thioether (sulfide) groups is 1. The number of anilines is 1. The van der Waals surface area contributed by atoms with Crippen molar-refractivity contribution in [2.75, 3.05) is 17.6 Å². The lowest BCUT2D eigenvalue weighted by Crippen LogP contribution is -2.11. The third kappa shape index (κ3) is 4.91. The van der Waals surface area contributed by atoms with E-state index in [1.54, 1.807) is 0 Å². The third-order valence-electron chi connectivity index (χ3n) is 2.35.